The van der Waals surface area contributed by atoms with Crippen LogP contribution in [0, 0.1) is 0 Å². The van der Waals surface area contributed by atoms with Gasteiger partial charge in [-0.25, -0.2) is 4.79 Å². The Kier molecular flexibility index (Phi) is 3.33. The third-order valence-corrected chi connectivity index (χ3v) is 3.89. The molecule has 0 aromatic heterocycles. The van der Waals surface area contributed by atoms with E-state index in [0.717, 1.165) is 6.54 Å². The summed E-state index contributed by atoms with van der Waals surface area (Å²) in [4.78, 5) is 25.5. The summed E-state index contributed by atoms with van der Waals surface area (Å²) in [6.45, 7) is 5.58. The number of nitrogens with zero attached hydrogens (tertiary/aromatic N) is 1. The summed E-state index contributed by atoms with van der Waals surface area (Å²) in [5.41, 5.74) is -1.03. The molecular formula is C12H21N3O3. The van der Waals surface area contributed by atoms with Crippen molar-refractivity contribution < 1.29 is 14.3 Å². The molecule has 2 N–H and O–H groups in total. The smallest absolute Gasteiger partial charge is 0.325 e. The molecule has 1 spiro atoms. The second kappa shape index (κ2) is 4.51. The molecule has 6 nitrogen and oxygen atoms in total. The van der Waals surface area contributed by atoms with E-state index in [0.29, 0.717) is 25.9 Å². The van der Waals surface area contributed by atoms with E-state index < -0.39 is 5.54 Å². The molecule has 2 fully saturated rings. The molecule has 0 aromatic carbocycles. The van der Waals surface area contributed by atoms with Crippen molar-refractivity contribution in [2.75, 3.05) is 26.7 Å². The topological polar surface area (TPSA) is 70.7 Å². The zero-order valence-electron chi connectivity index (χ0n) is 11.2. The van der Waals surface area contributed by atoms with E-state index >= 15 is 0 Å². The van der Waals surface area contributed by atoms with Crippen LogP contribution in [0.15, 0.2) is 0 Å². The van der Waals surface area contributed by atoms with E-state index in [2.05, 4.69) is 10.6 Å². The van der Waals surface area contributed by atoms with Crippen LogP contribution in [0.3, 0.4) is 0 Å². The molecule has 18 heavy (non-hydrogen) atoms. The molecule has 2 rings (SSSR count). The summed E-state index contributed by atoms with van der Waals surface area (Å²) < 4.78 is 5.30. The monoisotopic (exact) mass is 255 g/mol. The van der Waals surface area contributed by atoms with Gasteiger partial charge in [-0.15, -0.1) is 0 Å². The Morgan fingerprint density at radius 1 is 1.44 bits per heavy atom. The maximum atomic E-state index is 12.3. The van der Waals surface area contributed by atoms with E-state index in [1.54, 1.807) is 7.11 Å². The van der Waals surface area contributed by atoms with E-state index in [9.17, 15) is 9.59 Å². The predicted molar refractivity (Wildman–Crippen MR) is 66.2 cm³/mol. The Morgan fingerprint density at radius 2 is 2.17 bits per heavy atom. The molecule has 1 unspecified atom stereocenters. The lowest BCUT2D eigenvalue weighted by molar-refractivity contribution is -0.131. The van der Waals surface area contributed by atoms with Crippen LogP contribution in [0.5, 0.6) is 0 Å². The van der Waals surface area contributed by atoms with Crippen molar-refractivity contribution in [2.45, 2.75) is 37.8 Å². The molecule has 0 aromatic rings. The number of carbonyl (C=O) groups excluding carboxylic acids is 2. The molecular weight excluding hydrogens is 234 g/mol. The quantitative estimate of drug-likeness (QED) is 0.698. The highest BCUT2D eigenvalue weighted by atomic mass is 16.5. The largest absolute Gasteiger partial charge is 0.379 e. The van der Waals surface area contributed by atoms with Crippen molar-refractivity contribution in [2.24, 2.45) is 0 Å². The maximum absolute atomic E-state index is 12.3. The second-order valence-electron chi connectivity index (χ2n) is 5.61. The van der Waals surface area contributed by atoms with Crippen LogP contribution >= 0.6 is 0 Å². The number of methoxy groups -OCH3 is 1. The summed E-state index contributed by atoms with van der Waals surface area (Å²) in [6.07, 6.45) is 1.30. The Morgan fingerprint density at radius 3 is 2.72 bits per heavy atom. The van der Waals surface area contributed by atoms with Crippen molar-refractivity contribution in [1.29, 1.82) is 0 Å². The van der Waals surface area contributed by atoms with Gasteiger partial charge in [0, 0.05) is 20.2 Å². The number of urea groups is 1. The first-order valence-electron chi connectivity index (χ1n) is 6.30. The molecule has 2 saturated heterocycles. The van der Waals surface area contributed by atoms with Gasteiger partial charge in [0.1, 0.15) is 5.54 Å². The first-order chi connectivity index (χ1) is 8.40. The van der Waals surface area contributed by atoms with E-state index in [4.69, 9.17) is 4.74 Å². The van der Waals surface area contributed by atoms with Crippen molar-refractivity contribution in [1.82, 2.24) is 15.5 Å². The minimum atomic E-state index is -0.700. The van der Waals surface area contributed by atoms with Crippen LogP contribution in [0.4, 0.5) is 4.79 Å². The van der Waals surface area contributed by atoms with Gasteiger partial charge >= 0.3 is 6.03 Å². The van der Waals surface area contributed by atoms with Gasteiger partial charge in [0.15, 0.2) is 0 Å². The fraction of sp³-hybridized carbons (Fsp3) is 0.833. The lowest BCUT2D eigenvalue weighted by Crippen LogP contribution is -2.48. The van der Waals surface area contributed by atoms with Gasteiger partial charge in [-0.1, -0.05) is 0 Å². The van der Waals surface area contributed by atoms with Gasteiger partial charge in [-0.05, 0) is 33.2 Å². The summed E-state index contributed by atoms with van der Waals surface area (Å²) in [7, 11) is 1.63. The maximum Gasteiger partial charge on any atom is 0.325 e. The van der Waals surface area contributed by atoms with E-state index in [-0.39, 0.29) is 17.5 Å². The lowest BCUT2D eigenvalue weighted by Gasteiger charge is -2.25. The molecule has 0 aliphatic carbocycles. The van der Waals surface area contributed by atoms with E-state index in [1.807, 2.05) is 13.8 Å². The third kappa shape index (κ3) is 2.22. The van der Waals surface area contributed by atoms with Crippen LogP contribution in [0.1, 0.15) is 26.7 Å². The van der Waals surface area contributed by atoms with Gasteiger partial charge in [0.25, 0.3) is 5.91 Å². The first-order valence-corrected chi connectivity index (χ1v) is 6.30. The highest BCUT2D eigenvalue weighted by Gasteiger charge is 2.52. The van der Waals surface area contributed by atoms with Crippen LogP contribution in [-0.2, 0) is 9.53 Å². The lowest BCUT2D eigenvalue weighted by atomic mass is 9.98. The number of carbonyl (C=O) groups is 2. The summed E-state index contributed by atoms with van der Waals surface area (Å²) >= 11 is 0. The SMILES string of the molecule is COC(C)(C)CCN1C(=O)NC2(CCNC2)C1=O. The van der Waals surface area contributed by atoms with Gasteiger partial charge in [-0.2, -0.15) is 0 Å². The highest BCUT2D eigenvalue weighted by molar-refractivity contribution is 6.07. The highest BCUT2D eigenvalue weighted by Crippen LogP contribution is 2.25. The minimum absolute atomic E-state index is 0.107. The fourth-order valence-corrected chi connectivity index (χ4v) is 2.34. The van der Waals surface area contributed by atoms with Gasteiger partial charge in [-0.3, -0.25) is 9.69 Å². The van der Waals surface area contributed by atoms with E-state index in [1.165, 1.54) is 4.90 Å². The molecule has 102 valence electrons. The van der Waals surface area contributed by atoms with Crippen molar-refractivity contribution in [3.05, 3.63) is 0 Å². The normalized spacial score (nSPS) is 28.3. The molecule has 2 aliphatic heterocycles. The Hall–Kier alpha value is -1.14. The van der Waals surface area contributed by atoms with Crippen LogP contribution < -0.4 is 10.6 Å². The number of rotatable bonds is 4. The number of ether oxygens (including phenoxy) is 1. The number of amides is 3. The molecule has 0 radical (unpaired) electrons. The average molecular weight is 255 g/mol. The van der Waals surface area contributed by atoms with Crippen molar-refractivity contribution in [3.63, 3.8) is 0 Å². The number of imide groups is 1. The van der Waals surface area contributed by atoms with Crippen LogP contribution in [0.2, 0.25) is 0 Å². The summed E-state index contributed by atoms with van der Waals surface area (Å²) in [5, 5.41) is 5.94. The first kappa shape index (κ1) is 13.3. The van der Waals surface area contributed by atoms with Crippen molar-refractivity contribution in [3.8, 4) is 0 Å². The Balaban J connectivity index is 2.02. The second-order valence-corrected chi connectivity index (χ2v) is 5.61. The summed E-state index contributed by atoms with van der Waals surface area (Å²) in [6, 6.07) is -0.282. The van der Waals surface area contributed by atoms with Gasteiger partial charge in [0.05, 0.1) is 5.60 Å². The molecule has 6 heteroatoms. The van der Waals surface area contributed by atoms with Crippen LogP contribution in [-0.4, -0.2) is 54.7 Å². The standard InChI is InChI=1S/C12H21N3O3/c1-11(2,18-3)5-7-15-9(16)12(14-10(15)17)4-6-13-8-12/h13H,4-8H2,1-3H3,(H,14,17). The van der Waals surface area contributed by atoms with Gasteiger partial charge in [0.2, 0.25) is 0 Å². The number of nitrogens with one attached hydrogen (secondary N) is 2. The predicted octanol–water partition coefficient (Wildman–Crippen LogP) is 0.0854. The number of hydrogen-bond acceptors (Lipinski definition) is 4. The molecule has 2 heterocycles. The Labute approximate surface area is 107 Å². The summed E-state index contributed by atoms with van der Waals surface area (Å²) in [5.74, 6) is -0.107. The average Bonchev–Trinajstić information content (AvgIpc) is 2.86. The molecule has 0 bridgehead atoms. The zero-order chi connectivity index (χ0) is 13.4. The van der Waals surface area contributed by atoms with Gasteiger partial charge < -0.3 is 15.4 Å². The fourth-order valence-electron chi connectivity index (χ4n) is 2.34. The molecule has 1 atom stereocenters. The third-order valence-electron chi connectivity index (χ3n) is 3.89. The molecule has 3 amide bonds. The molecule has 0 saturated carbocycles. The van der Waals surface area contributed by atoms with Crippen LogP contribution in [0.25, 0.3) is 0 Å². The zero-order valence-corrected chi connectivity index (χ0v) is 11.2. The Bertz CT molecular complexity index is 362. The molecule has 2 aliphatic rings. The number of hydrogen-bond donors (Lipinski definition) is 2. The minimum Gasteiger partial charge on any atom is -0.379 e. The van der Waals surface area contributed by atoms with Crippen molar-refractivity contribution >= 4 is 11.9 Å².